The van der Waals surface area contributed by atoms with Gasteiger partial charge >= 0.3 is 0 Å². The first-order valence-electron chi connectivity index (χ1n) is 24.3. The number of imidazole rings is 1. The summed E-state index contributed by atoms with van der Waals surface area (Å²) in [5.41, 5.74) is 7.25. The largest absolute Gasteiger partial charge is 0.474 e. The number of halogens is 1. The van der Waals surface area contributed by atoms with Crippen LogP contribution in [0.4, 0.5) is 0 Å². The molecule has 7 heterocycles. The smallest absolute Gasteiger partial charge is 0.248 e. The van der Waals surface area contributed by atoms with Crippen LogP contribution >= 0.6 is 22.9 Å². The molecule has 0 spiro atoms. The summed E-state index contributed by atoms with van der Waals surface area (Å²) in [6, 6.07) is 16.6. The fourth-order valence-corrected chi connectivity index (χ4v) is 11.3. The minimum Gasteiger partial charge on any atom is -0.474 e. The Hall–Kier alpha value is -7.02. The van der Waals surface area contributed by atoms with E-state index in [1.807, 2.05) is 117 Å². The van der Waals surface area contributed by atoms with E-state index in [1.165, 1.54) is 9.78 Å². The number of hydrogen-bond acceptors (Lipinski definition) is 12. The topological polar surface area (TPSA) is 200 Å². The molecular formula is C53H57ClN12O5S. The number of aryl methyl sites for hydroxylation is 3. The van der Waals surface area contributed by atoms with Crippen LogP contribution in [-0.2, 0) is 21.4 Å². The fourth-order valence-electron chi connectivity index (χ4n) is 9.98. The van der Waals surface area contributed by atoms with Gasteiger partial charge in [-0.3, -0.25) is 28.6 Å². The van der Waals surface area contributed by atoms with Gasteiger partial charge in [0.15, 0.2) is 5.82 Å². The van der Waals surface area contributed by atoms with Crippen LogP contribution in [0.15, 0.2) is 96.6 Å². The predicted octanol–water partition coefficient (Wildman–Crippen LogP) is 7.61. The molecule has 1 aliphatic carbocycles. The predicted molar refractivity (Wildman–Crippen MR) is 274 cm³/mol. The number of aliphatic imine (C=N–C) groups is 1. The molecule has 5 aromatic heterocycles. The highest BCUT2D eigenvalue weighted by molar-refractivity contribution is 7.15. The maximum Gasteiger partial charge on any atom is 0.248 e. The van der Waals surface area contributed by atoms with Crippen LogP contribution in [0.3, 0.4) is 0 Å². The molecule has 10 rings (SSSR count). The van der Waals surface area contributed by atoms with E-state index in [0.717, 1.165) is 61.3 Å². The van der Waals surface area contributed by atoms with E-state index in [-0.39, 0.29) is 61.2 Å². The van der Waals surface area contributed by atoms with Gasteiger partial charge < -0.3 is 29.9 Å². The summed E-state index contributed by atoms with van der Waals surface area (Å²) in [6.45, 7) is 11.9. The van der Waals surface area contributed by atoms with E-state index < -0.39 is 24.2 Å². The minimum atomic E-state index is -0.849. The molecular weight excluding hydrogens is 952 g/mol. The van der Waals surface area contributed by atoms with E-state index in [2.05, 4.69) is 49.7 Å². The summed E-state index contributed by atoms with van der Waals surface area (Å²) in [6.07, 6.45) is 9.24. The Kier molecular flexibility index (Phi) is 13.4. The molecule has 372 valence electrons. The monoisotopic (exact) mass is 1010 g/mol. The normalized spacial score (nSPS) is 20.2. The van der Waals surface area contributed by atoms with Gasteiger partial charge in [0.05, 0.1) is 30.5 Å². The quantitative estimate of drug-likeness (QED) is 0.0975. The molecule has 0 bridgehead atoms. The molecule has 2 aliphatic heterocycles. The first-order chi connectivity index (χ1) is 34.6. The molecule has 5 atom stereocenters. The van der Waals surface area contributed by atoms with Crippen LogP contribution in [-0.4, -0.2) is 103 Å². The van der Waals surface area contributed by atoms with Crippen molar-refractivity contribution in [3.8, 4) is 33.4 Å². The number of pyridine rings is 1. The molecule has 1 saturated carbocycles. The molecule has 0 radical (unpaired) electrons. The number of nitrogens with one attached hydrogen (secondary N) is 2. The molecule has 17 nitrogen and oxygen atoms in total. The number of aromatic nitrogens is 8. The van der Waals surface area contributed by atoms with Crippen LogP contribution in [0.2, 0.25) is 5.02 Å². The zero-order valence-corrected chi connectivity index (χ0v) is 42.7. The molecule has 3 amide bonds. The van der Waals surface area contributed by atoms with Crippen molar-refractivity contribution in [1.82, 2.24) is 54.6 Å². The van der Waals surface area contributed by atoms with Crippen molar-refractivity contribution in [2.24, 2.45) is 18.0 Å². The average molecular weight is 1010 g/mol. The van der Waals surface area contributed by atoms with Crippen molar-refractivity contribution < 1.29 is 24.2 Å². The third kappa shape index (κ3) is 9.57. The minimum absolute atomic E-state index is 0.0402. The summed E-state index contributed by atoms with van der Waals surface area (Å²) < 4.78 is 11.9. The van der Waals surface area contributed by atoms with E-state index >= 15 is 0 Å². The number of thiophene rings is 1. The van der Waals surface area contributed by atoms with Crippen LogP contribution in [0.25, 0.3) is 27.5 Å². The van der Waals surface area contributed by atoms with Gasteiger partial charge in [-0.25, -0.2) is 9.97 Å². The van der Waals surface area contributed by atoms with E-state index in [9.17, 15) is 19.5 Å². The lowest BCUT2D eigenvalue weighted by atomic mass is 9.89. The Labute approximate surface area is 426 Å². The fraction of sp³-hybridized carbons (Fsp3) is 0.377. The van der Waals surface area contributed by atoms with Crippen LogP contribution in [0.1, 0.15) is 103 Å². The van der Waals surface area contributed by atoms with E-state index in [0.29, 0.717) is 29.6 Å². The molecule has 3 N–H and O–H groups in total. The third-order valence-electron chi connectivity index (χ3n) is 14.0. The zero-order valence-electron chi connectivity index (χ0n) is 41.2. The number of ether oxygens (including phenoxy) is 1. The van der Waals surface area contributed by atoms with Crippen molar-refractivity contribution in [3.05, 3.63) is 135 Å². The van der Waals surface area contributed by atoms with E-state index in [4.69, 9.17) is 21.3 Å². The summed E-state index contributed by atoms with van der Waals surface area (Å²) >= 11 is 7.95. The lowest BCUT2D eigenvalue weighted by molar-refractivity contribution is -0.142. The summed E-state index contributed by atoms with van der Waals surface area (Å²) in [5, 5.41) is 32.3. The number of nitrogens with zero attached hydrogens (tertiary/aromatic N) is 10. The number of amides is 3. The summed E-state index contributed by atoms with van der Waals surface area (Å²) in [7, 11) is 1.94. The SMILES string of the molecule is Cc1sc2c(c1C)C(c1ccc(Cl)cc1)=N[C@@H](CC(=O)NC1CC(Oc3cc(-c4cnn(C(C(=O)N5C[C@H](O)C[C@H]5C(=O)N[C@@H](C)c5ccc(-c6nccn6C)cc5)C(C)C)c4)ccn3)C1)c1nnc(C)n1-2. The van der Waals surface area contributed by atoms with Crippen molar-refractivity contribution in [2.75, 3.05) is 6.54 Å². The number of β-amino-alcohol motifs (C(OH)–C–C–N with tert-alkyl or cyclic N) is 1. The van der Waals surface area contributed by atoms with Gasteiger partial charge in [0.1, 0.15) is 40.9 Å². The molecule has 7 aromatic rings. The number of fused-ring (bicyclic) bond motifs is 3. The van der Waals surface area contributed by atoms with Crippen LogP contribution in [0.5, 0.6) is 5.88 Å². The van der Waals surface area contributed by atoms with Crippen LogP contribution in [0, 0.1) is 26.7 Å². The Morgan fingerprint density at radius 3 is 2.39 bits per heavy atom. The highest BCUT2D eigenvalue weighted by atomic mass is 35.5. The van der Waals surface area contributed by atoms with Crippen molar-refractivity contribution in [3.63, 3.8) is 0 Å². The number of aliphatic hydroxyl groups excluding tert-OH is 1. The first-order valence-corrected chi connectivity index (χ1v) is 25.5. The second-order valence-electron chi connectivity index (χ2n) is 19.5. The Balaban J connectivity index is 0.762. The number of benzene rings is 2. The number of rotatable bonds is 14. The molecule has 1 saturated heterocycles. The van der Waals surface area contributed by atoms with Gasteiger partial charge in [0, 0.05) is 102 Å². The van der Waals surface area contributed by atoms with Gasteiger partial charge in [0.2, 0.25) is 23.6 Å². The number of hydrogen-bond donors (Lipinski definition) is 3. The van der Waals surface area contributed by atoms with Gasteiger partial charge in [-0.2, -0.15) is 5.10 Å². The maximum absolute atomic E-state index is 14.4. The lowest BCUT2D eigenvalue weighted by Gasteiger charge is -2.35. The Morgan fingerprint density at radius 2 is 1.67 bits per heavy atom. The highest BCUT2D eigenvalue weighted by Crippen LogP contribution is 2.40. The number of aliphatic hydroxyl groups is 1. The summed E-state index contributed by atoms with van der Waals surface area (Å²) in [4.78, 5) is 58.8. The first kappa shape index (κ1) is 48.6. The number of carbonyl (C=O) groups is 3. The van der Waals surface area contributed by atoms with Crippen LogP contribution < -0.4 is 15.4 Å². The van der Waals surface area contributed by atoms with Crippen molar-refractivity contribution in [1.29, 1.82) is 0 Å². The Morgan fingerprint density at radius 1 is 0.917 bits per heavy atom. The molecule has 72 heavy (non-hydrogen) atoms. The lowest BCUT2D eigenvalue weighted by Crippen LogP contribution is -2.49. The second-order valence-corrected chi connectivity index (χ2v) is 21.1. The number of likely N-dealkylation sites (tertiary alicyclic amines) is 1. The molecule has 2 aromatic carbocycles. The second kappa shape index (κ2) is 19.9. The zero-order chi connectivity index (χ0) is 50.5. The van der Waals surface area contributed by atoms with E-state index in [1.54, 1.807) is 34.6 Å². The molecule has 1 unspecified atom stereocenters. The summed E-state index contributed by atoms with van der Waals surface area (Å²) in [5.74, 6) is 1.67. The Bertz CT molecular complexity index is 3190. The maximum atomic E-state index is 14.4. The average Bonchev–Trinajstić information content (AvgIpc) is 4.19. The van der Waals surface area contributed by atoms with Crippen molar-refractivity contribution >= 4 is 46.4 Å². The van der Waals surface area contributed by atoms with Gasteiger partial charge in [0.25, 0.3) is 0 Å². The molecule has 2 fully saturated rings. The molecule has 19 heteroatoms. The number of carbonyl (C=O) groups excluding carboxylic acids is 3. The standard InChI is InChI=1S/C53H57ClN12O5S/c1-28(2)48(52(70)64-27-40(67)23-43(64)51(69)58-30(4)33-8-10-35(11-9-33)49-56-18-19-63(49)7)65-26-37(25-57-65)36-16-17-55-45(20-36)71-41-21-39(22-41)59-44(68)24-42-50-62-61-32(6)66(50)53-46(29(3)31(5)72-53)47(60-42)34-12-14-38(54)15-13-34/h8-20,25-26,28,30,39-43,48,67H,21-24,27H2,1-7H3,(H,58,69)(H,59,68)/t30-,39?,40+,41?,42-,43-,48?/m0/s1. The van der Waals surface area contributed by atoms with Gasteiger partial charge in [-0.05, 0) is 68.5 Å². The van der Waals surface area contributed by atoms with Gasteiger partial charge in [-0.15, -0.1) is 21.5 Å². The molecule has 3 aliphatic rings. The third-order valence-corrected chi connectivity index (χ3v) is 15.5. The van der Waals surface area contributed by atoms with Crippen molar-refractivity contribution in [2.45, 2.75) is 110 Å². The van der Waals surface area contributed by atoms with Gasteiger partial charge in [-0.1, -0.05) is 61.8 Å². The highest BCUT2D eigenvalue weighted by Gasteiger charge is 2.43.